The Morgan fingerprint density at radius 3 is 2.64 bits per heavy atom. The highest BCUT2D eigenvalue weighted by Gasteiger charge is 2.23. The number of aliphatic carboxylic acids is 1. The van der Waals surface area contributed by atoms with Crippen LogP contribution in [0.3, 0.4) is 0 Å². The third-order valence-electron chi connectivity index (χ3n) is 2.01. The summed E-state index contributed by atoms with van der Waals surface area (Å²) in [4.78, 5) is 10.5. The molecule has 0 aliphatic carbocycles. The summed E-state index contributed by atoms with van der Waals surface area (Å²) in [6, 6.07) is 5.70. The summed E-state index contributed by atoms with van der Waals surface area (Å²) in [6.45, 7) is 1.86. The van der Waals surface area contributed by atoms with Crippen molar-refractivity contribution in [3.05, 3.63) is 35.4 Å². The van der Waals surface area contributed by atoms with Crippen LogP contribution in [0.1, 0.15) is 17.2 Å². The van der Waals surface area contributed by atoms with Crippen molar-refractivity contribution in [1.82, 2.24) is 0 Å². The molecule has 76 valence electrons. The number of aliphatic hydroxyl groups is 1. The molecule has 0 saturated carbocycles. The van der Waals surface area contributed by atoms with Crippen LogP contribution in [0.15, 0.2) is 24.3 Å². The topological polar surface area (TPSA) is 83.5 Å². The molecule has 0 bridgehead atoms. The molecule has 0 amide bonds. The third-order valence-corrected chi connectivity index (χ3v) is 2.01. The molecule has 0 aromatic heterocycles. The summed E-state index contributed by atoms with van der Waals surface area (Å²) in [7, 11) is 0. The molecule has 1 aromatic carbocycles. The minimum Gasteiger partial charge on any atom is -0.480 e. The lowest BCUT2D eigenvalue weighted by molar-refractivity contribution is -0.141. The SMILES string of the molecule is Cc1cccc(C(O)C(N)C(=O)O)c1. The normalized spacial score (nSPS) is 14.8. The second-order valence-electron chi connectivity index (χ2n) is 3.22. The molecule has 2 unspecified atom stereocenters. The minimum atomic E-state index is -1.28. The highest BCUT2D eigenvalue weighted by Crippen LogP contribution is 2.16. The summed E-state index contributed by atoms with van der Waals surface area (Å²) in [5, 5.41) is 18.2. The molecule has 0 radical (unpaired) electrons. The van der Waals surface area contributed by atoms with Crippen molar-refractivity contribution < 1.29 is 15.0 Å². The zero-order chi connectivity index (χ0) is 10.7. The molecule has 4 nitrogen and oxygen atoms in total. The number of benzene rings is 1. The lowest BCUT2D eigenvalue weighted by atomic mass is 10.0. The van der Waals surface area contributed by atoms with Gasteiger partial charge >= 0.3 is 5.97 Å². The number of aryl methyl sites for hydroxylation is 1. The highest BCUT2D eigenvalue weighted by atomic mass is 16.4. The van der Waals surface area contributed by atoms with Gasteiger partial charge in [-0.05, 0) is 12.5 Å². The number of nitrogens with two attached hydrogens (primary N) is 1. The van der Waals surface area contributed by atoms with E-state index in [0.717, 1.165) is 5.56 Å². The van der Waals surface area contributed by atoms with Crippen molar-refractivity contribution in [2.45, 2.75) is 19.1 Å². The number of carbonyl (C=O) groups is 1. The van der Waals surface area contributed by atoms with Crippen molar-refractivity contribution >= 4 is 5.97 Å². The first kappa shape index (κ1) is 10.7. The van der Waals surface area contributed by atoms with E-state index < -0.39 is 18.1 Å². The smallest absolute Gasteiger partial charge is 0.323 e. The number of hydrogen-bond acceptors (Lipinski definition) is 3. The molecule has 14 heavy (non-hydrogen) atoms. The average molecular weight is 195 g/mol. The molecule has 4 heteroatoms. The molecule has 2 atom stereocenters. The molecular weight excluding hydrogens is 182 g/mol. The Balaban J connectivity index is 2.89. The van der Waals surface area contributed by atoms with Crippen LogP contribution in [-0.2, 0) is 4.79 Å². The first-order valence-electron chi connectivity index (χ1n) is 4.25. The van der Waals surface area contributed by atoms with E-state index in [1.165, 1.54) is 0 Å². The van der Waals surface area contributed by atoms with E-state index >= 15 is 0 Å². The van der Waals surface area contributed by atoms with E-state index in [1.54, 1.807) is 18.2 Å². The molecule has 4 N–H and O–H groups in total. The zero-order valence-electron chi connectivity index (χ0n) is 7.84. The maximum Gasteiger partial charge on any atom is 0.323 e. The Kier molecular flexibility index (Phi) is 3.22. The van der Waals surface area contributed by atoms with E-state index in [-0.39, 0.29) is 0 Å². The molecule has 0 saturated heterocycles. The van der Waals surface area contributed by atoms with Crippen LogP contribution in [-0.4, -0.2) is 22.2 Å². The fraction of sp³-hybridized carbons (Fsp3) is 0.300. The van der Waals surface area contributed by atoms with Gasteiger partial charge in [-0.2, -0.15) is 0 Å². The quantitative estimate of drug-likeness (QED) is 0.653. The van der Waals surface area contributed by atoms with Crippen LogP contribution < -0.4 is 5.73 Å². The highest BCUT2D eigenvalue weighted by molar-refractivity contribution is 5.74. The summed E-state index contributed by atoms with van der Waals surface area (Å²) in [5.74, 6) is -1.21. The lowest BCUT2D eigenvalue weighted by Gasteiger charge is -2.15. The average Bonchev–Trinajstić information content (AvgIpc) is 2.15. The van der Waals surface area contributed by atoms with E-state index in [4.69, 9.17) is 10.8 Å². The molecular formula is C10H13NO3. The van der Waals surface area contributed by atoms with Gasteiger partial charge < -0.3 is 15.9 Å². The standard InChI is InChI=1S/C10H13NO3/c1-6-3-2-4-7(5-6)9(12)8(11)10(13)14/h2-5,8-9,12H,11H2,1H3,(H,13,14). The predicted molar refractivity (Wildman–Crippen MR) is 51.8 cm³/mol. The van der Waals surface area contributed by atoms with Crippen LogP contribution in [0.2, 0.25) is 0 Å². The van der Waals surface area contributed by atoms with Crippen molar-refractivity contribution in [3.8, 4) is 0 Å². The number of carboxylic acids is 1. The Bertz CT molecular complexity index is 338. The fourth-order valence-electron chi connectivity index (χ4n) is 1.20. The van der Waals surface area contributed by atoms with Crippen LogP contribution in [0.5, 0.6) is 0 Å². The van der Waals surface area contributed by atoms with Crippen molar-refractivity contribution in [3.63, 3.8) is 0 Å². The Morgan fingerprint density at radius 2 is 2.14 bits per heavy atom. The van der Waals surface area contributed by atoms with Gasteiger partial charge in [0.25, 0.3) is 0 Å². The Labute approximate surface area is 82.0 Å². The first-order valence-corrected chi connectivity index (χ1v) is 4.25. The van der Waals surface area contributed by atoms with Crippen molar-refractivity contribution in [2.24, 2.45) is 5.73 Å². The van der Waals surface area contributed by atoms with Gasteiger partial charge in [-0.25, -0.2) is 0 Å². The summed E-state index contributed by atoms with van der Waals surface area (Å²) in [5.41, 5.74) is 6.78. The number of rotatable bonds is 3. The van der Waals surface area contributed by atoms with Gasteiger partial charge in [-0.1, -0.05) is 29.8 Å². The molecule has 0 fully saturated rings. The Hall–Kier alpha value is -1.39. The van der Waals surface area contributed by atoms with Gasteiger partial charge in [-0.15, -0.1) is 0 Å². The van der Waals surface area contributed by atoms with E-state index in [9.17, 15) is 9.90 Å². The van der Waals surface area contributed by atoms with Crippen molar-refractivity contribution in [1.29, 1.82) is 0 Å². The summed E-state index contributed by atoms with van der Waals surface area (Å²) >= 11 is 0. The summed E-state index contributed by atoms with van der Waals surface area (Å²) < 4.78 is 0. The van der Waals surface area contributed by atoms with E-state index in [0.29, 0.717) is 5.56 Å². The molecule has 0 aliphatic rings. The van der Waals surface area contributed by atoms with E-state index in [2.05, 4.69) is 0 Å². The van der Waals surface area contributed by atoms with Crippen molar-refractivity contribution in [2.75, 3.05) is 0 Å². The second kappa shape index (κ2) is 4.21. The second-order valence-corrected chi connectivity index (χ2v) is 3.22. The van der Waals surface area contributed by atoms with E-state index in [1.807, 2.05) is 13.0 Å². The zero-order valence-corrected chi connectivity index (χ0v) is 7.84. The van der Waals surface area contributed by atoms with Crippen LogP contribution in [0, 0.1) is 6.92 Å². The van der Waals surface area contributed by atoms with Crippen LogP contribution in [0.4, 0.5) is 0 Å². The van der Waals surface area contributed by atoms with Gasteiger partial charge in [0.2, 0.25) is 0 Å². The molecule has 0 heterocycles. The predicted octanol–water partition coefficient (Wildman–Crippen LogP) is 0.440. The molecule has 0 aliphatic heterocycles. The van der Waals surface area contributed by atoms with Gasteiger partial charge in [0.1, 0.15) is 12.1 Å². The maximum absolute atomic E-state index is 10.5. The number of hydrogen-bond donors (Lipinski definition) is 3. The third kappa shape index (κ3) is 2.31. The fourth-order valence-corrected chi connectivity index (χ4v) is 1.20. The maximum atomic E-state index is 10.5. The van der Waals surface area contributed by atoms with Gasteiger partial charge in [-0.3, -0.25) is 4.79 Å². The van der Waals surface area contributed by atoms with Gasteiger partial charge in [0.15, 0.2) is 0 Å². The first-order chi connectivity index (χ1) is 6.52. The molecule has 1 aromatic rings. The van der Waals surface area contributed by atoms with Crippen LogP contribution >= 0.6 is 0 Å². The summed E-state index contributed by atoms with van der Waals surface area (Å²) in [6.07, 6.45) is -1.16. The molecule has 0 spiro atoms. The monoisotopic (exact) mass is 195 g/mol. The number of aliphatic hydroxyl groups excluding tert-OH is 1. The lowest BCUT2D eigenvalue weighted by Crippen LogP contribution is -2.36. The number of carboxylic acid groups (broad SMARTS) is 1. The van der Waals surface area contributed by atoms with Gasteiger partial charge in [0, 0.05) is 0 Å². The Morgan fingerprint density at radius 1 is 1.50 bits per heavy atom. The molecule has 1 rings (SSSR count). The largest absolute Gasteiger partial charge is 0.480 e. The van der Waals surface area contributed by atoms with Crippen LogP contribution in [0.25, 0.3) is 0 Å². The van der Waals surface area contributed by atoms with Gasteiger partial charge in [0.05, 0.1) is 0 Å². The minimum absolute atomic E-state index is 0.528.